The van der Waals surface area contributed by atoms with Crippen LogP contribution in [0.15, 0.2) is 54.4 Å². The molecule has 0 saturated heterocycles. The molecule has 0 unspecified atom stereocenters. The number of benzene rings is 2. The molecule has 4 heteroatoms. The van der Waals surface area contributed by atoms with Crippen molar-refractivity contribution in [1.29, 1.82) is 0 Å². The van der Waals surface area contributed by atoms with E-state index in [2.05, 4.69) is 53.0 Å². The molecule has 1 aliphatic rings. The van der Waals surface area contributed by atoms with Crippen LogP contribution in [0.4, 0.5) is 0 Å². The minimum absolute atomic E-state index is 0.0285. The molecule has 1 amide bonds. The van der Waals surface area contributed by atoms with E-state index in [0.717, 1.165) is 23.1 Å². The fourth-order valence-corrected chi connectivity index (χ4v) is 4.02. The number of aryl methyl sites for hydroxylation is 2. The van der Waals surface area contributed by atoms with Crippen molar-refractivity contribution in [2.75, 3.05) is 6.54 Å². The molecule has 0 atom stereocenters. The molecular weight excluding hydrogens is 346 g/mol. The molecule has 1 N–H and O–H groups in total. The molecule has 2 aromatic carbocycles. The molecule has 4 rings (SSSR count). The van der Waals surface area contributed by atoms with Gasteiger partial charge in [0.2, 0.25) is 0 Å². The number of aromatic nitrogens is 2. The summed E-state index contributed by atoms with van der Waals surface area (Å²) >= 11 is 0. The Bertz CT molecular complexity index is 1020. The summed E-state index contributed by atoms with van der Waals surface area (Å²) in [5.74, 6) is -0.0285. The number of carbonyl (C=O) groups excluding carboxylic acids is 1. The molecule has 0 bridgehead atoms. The van der Waals surface area contributed by atoms with Crippen LogP contribution in [0, 0.1) is 13.8 Å². The number of rotatable bonds is 5. The van der Waals surface area contributed by atoms with Gasteiger partial charge in [-0.1, -0.05) is 17.7 Å². The maximum absolute atomic E-state index is 12.5. The van der Waals surface area contributed by atoms with Gasteiger partial charge in [0.05, 0.1) is 11.0 Å². The van der Waals surface area contributed by atoms with Crippen LogP contribution in [-0.2, 0) is 0 Å². The number of allylic oxidation sites excluding steroid dienone is 1. The van der Waals surface area contributed by atoms with E-state index in [-0.39, 0.29) is 5.91 Å². The van der Waals surface area contributed by atoms with Crippen molar-refractivity contribution in [3.63, 3.8) is 0 Å². The molecule has 0 spiro atoms. The van der Waals surface area contributed by atoms with E-state index in [1.54, 1.807) is 0 Å². The van der Waals surface area contributed by atoms with Gasteiger partial charge in [0.1, 0.15) is 6.33 Å². The fourth-order valence-electron chi connectivity index (χ4n) is 4.02. The van der Waals surface area contributed by atoms with Gasteiger partial charge >= 0.3 is 0 Å². The average Bonchev–Trinajstić information content (AvgIpc) is 3.11. The molecule has 1 aliphatic carbocycles. The third-order valence-corrected chi connectivity index (χ3v) is 5.41. The zero-order valence-electron chi connectivity index (χ0n) is 16.7. The van der Waals surface area contributed by atoms with Gasteiger partial charge in [-0.3, -0.25) is 9.36 Å². The van der Waals surface area contributed by atoms with Crippen LogP contribution in [0.5, 0.6) is 0 Å². The average molecular weight is 374 g/mol. The van der Waals surface area contributed by atoms with Crippen molar-refractivity contribution in [2.24, 2.45) is 0 Å². The summed E-state index contributed by atoms with van der Waals surface area (Å²) in [6.45, 7) is 4.89. The number of nitrogens with one attached hydrogen (secondary N) is 1. The number of fused-ring (bicyclic) bond motifs is 1. The van der Waals surface area contributed by atoms with E-state index in [9.17, 15) is 4.79 Å². The molecule has 0 fully saturated rings. The zero-order chi connectivity index (χ0) is 19.5. The van der Waals surface area contributed by atoms with Gasteiger partial charge in [0, 0.05) is 17.8 Å². The number of hydrogen-bond acceptors (Lipinski definition) is 2. The van der Waals surface area contributed by atoms with Gasteiger partial charge < -0.3 is 5.32 Å². The van der Waals surface area contributed by atoms with E-state index in [0.29, 0.717) is 12.1 Å². The monoisotopic (exact) mass is 373 g/mol. The van der Waals surface area contributed by atoms with E-state index < -0.39 is 0 Å². The minimum Gasteiger partial charge on any atom is -0.352 e. The molecule has 0 radical (unpaired) electrons. The quantitative estimate of drug-likeness (QED) is 0.620. The lowest BCUT2D eigenvalue weighted by Gasteiger charge is -2.13. The lowest BCUT2D eigenvalue weighted by Crippen LogP contribution is -2.24. The van der Waals surface area contributed by atoms with Gasteiger partial charge in [-0.2, -0.15) is 0 Å². The summed E-state index contributed by atoms with van der Waals surface area (Å²) in [4.78, 5) is 17.1. The number of nitrogens with zero attached hydrogens (tertiary/aromatic N) is 2. The molecule has 144 valence electrons. The lowest BCUT2D eigenvalue weighted by molar-refractivity contribution is 0.0954. The van der Waals surface area contributed by atoms with Crippen LogP contribution in [0.2, 0.25) is 0 Å². The Hall–Kier alpha value is -2.88. The summed E-state index contributed by atoms with van der Waals surface area (Å²) in [7, 11) is 0. The summed E-state index contributed by atoms with van der Waals surface area (Å²) in [5, 5.41) is 3.05. The second kappa shape index (κ2) is 8.01. The van der Waals surface area contributed by atoms with Crippen molar-refractivity contribution >= 4 is 16.9 Å². The van der Waals surface area contributed by atoms with Crippen molar-refractivity contribution in [3.8, 4) is 5.69 Å². The maximum atomic E-state index is 12.5. The second-order valence-electron chi connectivity index (χ2n) is 7.78. The predicted octanol–water partition coefficient (Wildman–Crippen LogP) is 5.26. The van der Waals surface area contributed by atoms with Gasteiger partial charge in [-0.25, -0.2) is 4.98 Å². The Labute approximate surface area is 166 Å². The molecule has 1 aromatic heterocycles. The number of carbonyl (C=O) groups is 1. The third kappa shape index (κ3) is 4.01. The highest BCUT2D eigenvalue weighted by Gasteiger charge is 2.11. The molecule has 3 aromatic rings. The SMILES string of the molecule is Cc1cc(C)cc(-n2cnc3cc(C(=O)NCCC4=CCCCC4)ccc32)c1. The van der Waals surface area contributed by atoms with E-state index in [1.807, 2.05) is 24.5 Å². The van der Waals surface area contributed by atoms with Crippen molar-refractivity contribution in [2.45, 2.75) is 46.0 Å². The molecule has 28 heavy (non-hydrogen) atoms. The Kier molecular flexibility index (Phi) is 5.29. The van der Waals surface area contributed by atoms with Crippen molar-refractivity contribution in [3.05, 3.63) is 71.1 Å². The van der Waals surface area contributed by atoms with Crippen LogP contribution in [0.1, 0.15) is 53.6 Å². The minimum atomic E-state index is -0.0285. The van der Waals surface area contributed by atoms with Crippen molar-refractivity contribution in [1.82, 2.24) is 14.9 Å². The van der Waals surface area contributed by atoms with Gasteiger partial charge in [0.15, 0.2) is 0 Å². The first kappa shape index (κ1) is 18.5. The number of imidazole rings is 1. The maximum Gasteiger partial charge on any atom is 0.251 e. The Morgan fingerprint density at radius 1 is 1.11 bits per heavy atom. The van der Waals surface area contributed by atoms with Crippen LogP contribution < -0.4 is 5.32 Å². The van der Waals surface area contributed by atoms with E-state index >= 15 is 0 Å². The Morgan fingerprint density at radius 2 is 1.93 bits per heavy atom. The van der Waals surface area contributed by atoms with Crippen LogP contribution in [0.3, 0.4) is 0 Å². The molecule has 0 aliphatic heterocycles. The lowest BCUT2D eigenvalue weighted by atomic mass is 9.97. The largest absolute Gasteiger partial charge is 0.352 e. The molecule has 1 heterocycles. The number of amides is 1. The van der Waals surface area contributed by atoms with E-state index in [4.69, 9.17) is 0 Å². The van der Waals surface area contributed by atoms with Gasteiger partial charge in [-0.15, -0.1) is 0 Å². The Balaban J connectivity index is 1.49. The molecular formula is C24H27N3O. The first-order valence-electron chi connectivity index (χ1n) is 10.1. The first-order chi connectivity index (χ1) is 13.6. The summed E-state index contributed by atoms with van der Waals surface area (Å²) in [6.07, 6.45) is 10.1. The summed E-state index contributed by atoms with van der Waals surface area (Å²) in [6, 6.07) is 12.2. The highest BCUT2D eigenvalue weighted by Crippen LogP contribution is 2.22. The first-order valence-corrected chi connectivity index (χ1v) is 10.1. The van der Waals surface area contributed by atoms with E-state index in [1.165, 1.54) is 42.4 Å². The third-order valence-electron chi connectivity index (χ3n) is 5.41. The smallest absolute Gasteiger partial charge is 0.251 e. The predicted molar refractivity (Wildman–Crippen MR) is 114 cm³/mol. The van der Waals surface area contributed by atoms with Crippen LogP contribution in [0.25, 0.3) is 16.7 Å². The summed E-state index contributed by atoms with van der Waals surface area (Å²) < 4.78 is 2.08. The van der Waals surface area contributed by atoms with Gasteiger partial charge in [0.25, 0.3) is 5.91 Å². The van der Waals surface area contributed by atoms with Crippen LogP contribution >= 0.6 is 0 Å². The summed E-state index contributed by atoms with van der Waals surface area (Å²) in [5.41, 5.74) is 7.53. The normalized spacial score (nSPS) is 14.1. The standard InChI is InChI=1S/C24H27N3O/c1-17-12-18(2)14-21(13-17)27-16-26-22-15-20(8-9-23(22)27)24(28)25-11-10-19-6-4-3-5-7-19/h6,8-9,12-16H,3-5,7,10-11H2,1-2H3,(H,25,28). The molecule has 0 saturated carbocycles. The number of hydrogen-bond donors (Lipinski definition) is 1. The highest BCUT2D eigenvalue weighted by molar-refractivity contribution is 5.97. The van der Waals surface area contributed by atoms with Gasteiger partial charge in [-0.05, 0) is 87.4 Å². The zero-order valence-corrected chi connectivity index (χ0v) is 16.7. The highest BCUT2D eigenvalue weighted by atomic mass is 16.1. The fraction of sp³-hybridized carbons (Fsp3) is 0.333. The van der Waals surface area contributed by atoms with Crippen LogP contribution in [-0.4, -0.2) is 22.0 Å². The molecule has 4 nitrogen and oxygen atoms in total. The second-order valence-corrected chi connectivity index (χ2v) is 7.78. The van der Waals surface area contributed by atoms with Crippen molar-refractivity contribution < 1.29 is 4.79 Å². The Morgan fingerprint density at radius 3 is 2.68 bits per heavy atom. The topological polar surface area (TPSA) is 46.9 Å².